The summed E-state index contributed by atoms with van der Waals surface area (Å²) in [6, 6.07) is 0. The summed E-state index contributed by atoms with van der Waals surface area (Å²) in [4.78, 5) is 21.3. The molecule has 0 aliphatic heterocycles. The first-order valence-electron chi connectivity index (χ1n) is 4.27. The van der Waals surface area contributed by atoms with Gasteiger partial charge in [0, 0.05) is 6.54 Å². The molecule has 2 atom stereocenters. The maximum absolute atomic E-state index is 11.3. The molecule has 0 aliphatic carbocycles. The van der Waals surface area contributed by atoms with E-state index in [1.165, 1.54) is 0 Å². The zero-order chi connectivity index (χ0) is 11.4. The highest BCUT2D eigenvalue weighted by Crippen LogP contribution is 2.36. The van der Waals surface area contributed by atoms with Crippen LogP contribution in [0.15, 0.2) is 0 Å². The van der Waals surface area contributed by atoms with Gasteiger partial charge in [-0.1, -0.05) is 13.8 Å². The average Bonchev–Trinajstić information content (AvgIpc) is 1.99. The van der Waals surface area contributed by atoms with Crippen LogP contribution in [-0.2, 0) is 9.36 Å². The molecule has 0 aromatic rings. The third-order valence-electron chi connectivity index (χ3n) is 1.59. The van der Waals surface area contributed by atoms with Crippen molar-refractivity contribution in [1.29, 1.82) is 0 Å². The Bertz CT molecular complexity index is 244. The first-order valence-corrected chi connectivity index (χ1v) is 5.96. The van der Waals surface area contributed by atoms with E-state index in [0.29, 0.717) is 6.42 Å². The average molecular weight is 222 g/mol. The summed E-state index contributed by atoms with van der Waals surface area (Å²) in [6.07, 6.45) is 0.292. The zero-order valence-corrected chi connectivity index (χ0v) is 9.12. The fourth-order valence-electron chi connectivity index (χ4n) is 0.914. The normalized spacial score (nSPS) is 17.8. The van der Waals surface area contributed by atoms with Gasteiger partial charge in [0.25, 0.3) is 0 Å². The molecule has 0 aromatic carbocycles. The van der Waals surface area contributed by atoms with Crippen molar-refractivity contribution in [3.63, 3.8) is 0 Å². The van der Waals surface area contributed by atoms with Gasteiger partial charge in [0.2, 0.25) is 0 Å². The molecule has 0 spiro atoms. The van der Waals surface area contributed by atoms with Crippen LogP contribution in [0.2, 0.25) is 0 Å². The van der Waals surface area contributed by atoms with Gasteiger partial charge >= 0.3 is 0 Å². The number of aliphatic carboxylic acids is 1. The van der Waals surface area contributed by atoms with Crippen LogP contribution in [0, 0.1) is 5.92 Å². The number of carboxylic acids is 1. The molecule has 0 aliphatic rings. The van der Waals surface area contributed by atoms with E-state index in [2.05, 4.69) is 0 Å². The summed E-state index contributed by atoms with van der Waals surface area (Å²) in [5, 5.41) is 11.9. The molecule has 7 heteroatoms. The summed E-state index contributed by atoms with van der Waals surface area (Å²) < 4.78 is 11.3. The van der Waals surface area contributed by atoms with Gasteiger partial charge in [-0.05, 0) is 12.3 Å². The molecule has 14 heavy (non-hydrogen) atoms. The van der Waals surface area contributed by atoms with Gasteiger partial charge in [0.05, 0.1) is 19.3 Å². The molecule has 0 saturated heterocycles. The third-order valence-corrected chi connectivity index (χ3v) is 3.28. The van der Waals surface area contributed by atoms with E-state index in [1.807, 2.05) is 18.9 Å². The maximum Gasteiger partial charge on any atom is 0.0937 e. The quantitative estimate of drug-likeness (QED) is 0.512. The largest absolute Gasteiger partial charge is 0.787 e. The lowest BCUT2D eigenvalue weighted by Crippen LogP contribution is -2.40. The van der Waals surface area contributed by atoms with E-state index in [4.69, 9.17) is 5.73 Å². The zero-order valence-electron chi connectivity index (χ0n) is 8.23. The van der Waals surface area contributed by atoms with E-state index >= 15 is 0 Å². The Balaban J connectivity index is 4.16. The fourth-order valence-corrected chi connectivity index (χ4v) is 2.20. The second-order valence-electron chi connectivity index (χ2n) is 3.50. The minimum absolute atomic E-state index is 0.136. The van der Waals surface area contributed by atoms with Crippen molar-refractivity contribution < 1.29 is 19.4 Å². The molecule has 2 unspecified atom stereocenters. The van der Waals surface area contributed by atoms with Crippen LogP contribution in [0.1, 0.15) is 20.3 Å². The molecule has 0 radical (unpaired) electrons. The number of carbonyl (C=O) groups is 1. The van der Waals surface area contributed by atoms with Crippen LogP contribution in [0.5, 0.6) is 0 Å². The van der Waals surface area contributed by atoms with Crippen LogP contribution >= 0.6 is 7.52 Å². The third kappa shape index (κ3) is 5.34. The number of hydrogen-bond donors (Lipinski definition) is 2. The van der Waals surface area contributed by atoms with E-state index in [-0.39, 0.29) is 5.92 Å². The SMILES string of the molecule is CC(C)CC(N)P(=O)([O-])NCC(=O)[O-]. The number of hydrogen-bond acceptors (Lipinski definition) is 5. The van der Waals surface area contributed by atoms with Crippen LogP contribution in [0.4, 0.5) is 0 Å². The highest BCUT2D eigenvalue weighted by molar-refractivity contribution is 7.55. The Morgan fingerprint density at radius 1 is 1.57 bits per heavy atom. The fraction of sp³-hybridized carbons (Fsp3) is 0.857. The first kappa shape index (κ1) is 13.6. The van der Waals surface area contributed by atoms with Crippen molar-refractivity contribution in [2.24, 2.45) is 11.7 Å². The number of carboxylic acid groups (broad SMARTS) is 1. The van der Waals surface area contributed by atoms with E-state index in [1.54, 1.807) is 0 Å². The monoisotopic (exact) mass is 222 g/mol. The Labute approximate surface area is 83.0 Å². The standard InChI is InChI=1S/C7H17N2O4P/c1-5(2)3-6(8)14(12,13)9-4-7(10)11/h5-6H,3-4,8H2,1-2H3,(H,10,11)(H2,9,12,13)/p-2. The molecule has 0 aromatic heterocycles. The lowest BCUT2D eigenvalue weighted by Gasteiger charge is -2.31. The van der Waals surface area contributed by atoms with Crippen molar-refractivity contribution in [3.05, 3.63) is 0 Å². The van der Waals surface area contributed by atoms with Crippen LogP contribution in [0.3, 0.4) is 0 Å². The molecule has 3 N–H and O–H groups in total. The topological polar surface area (TPSA) is 118 Å². The highest BCUT2D eigenvalue weighted by atomic mass is 31.2. The highest BCUT2D eigenvalue weighted by Gasteiger charge is 2.18. The van der Waals surface area contributed by atoms with Gasteiger partial charge in [-0.2, -0.15) is 0 Å². The van der Waals surface area contributed by atoms with Crippen LogP contribution < -0.4 is 20.8 Å². The number of nitrogens with two attached hydrogens (primary N) is 1. The van der Waals surface area contributed by atoms with Gasteiger partial charge < -0.3 is 25.1 Å². The van der Waals surface area contributed by atoms with Crippen LogP contribution in [0.25, 0.3) is 0 Å². The molecule has 0 bridgehead atoms. The summed E-state index contributed by atoms with van der Waals surface area (Å²) in [5.41, 5.74) is 5.39. The van der Waals surface area contributed by atoms with Crippen LogP contribution in [-0.4, -0.2) is 18.3 Å². The molecule has 0 rings (SSSR count). The van der Waals surface area contributed by atoms with Crippen molar-refractivity contribution in [2.75, 3.05) is 6.54 Å². The minimum Gasteiger partial charge on any atom is -0.787 e. The summed E-state index contributed by atoms with van der Waals surface area (Å²) in [6.45, 7) is 2.93. The van der Waals surface area contributed by atoms with Crippen molar-refractivity contribution in [2.45, 2.75) is 26.1 Å². The summed E-state index contributed by atoms with van der Waals surface area (Å²) in [5.74, 6) is -2.39. The van der Waals surface area contributed by atoms with E-state index in [0.717, 1.165) is 0 Å². The Morgan fingerprint density at radius 2 is 2.07 bits per heavy atom. The molecule has 0 amide bonds. The molecule has 0 fully saturated rings. The van der Waals surface area contributed by atoms with Crippen molar-refractivity contribution >= 4 is 13.5 Å². The molecular formula is C7H15N2O4P-2. The lowest BCUT2D eigenvalue weighted by atomic mass is 10.1. The Hall–Kier alpha value is -0.420. The summed E-state index contributed by atoms with van der Waals surface area (Å²) in [7, 11) is -4.03. The molecule has 6 nitrogen and oxygen atoms in total. The first-order chi connectivity index (χ1) is 6.25. The van der Waals surface area contributed by atoms with Crippen molar-refractivity contribution in [1.82, 2.24) is 5.09 Å². The number of rotatable bonds is 6. The van der Waals surface area contributed by atoms with E-state index in [9.17, 15) is 19.4 Å². The van der Waals surface area contributed by atoms with Gasteiger partial charge in [-0.15, -0.1) is 0 Å². The lowest BCUT2D eigenvalue weighted by molar-refractivity contribution is -0.304. The Kier molecular flexibility index (Phi) is 5.29. The minimum atomic E-state index is -4.03. The maximum atomic E-state index is 11.3. The van der Waals surface area contributed by atoms with Gasteiger partial charge in [0.1, 0.15) is 0 Å². The summed E-state index contributed by atoms with van der Waals surface area (Å²) >= 11 is 0. The smallest absolute Gasteiger partial charge is 0.0937 e. The number of nitrogens with one attached hydrogen (secondary N) is 1. The van der Waals surface area contributed by atoms with Gasteiger partial charge in [-0.25, -0.2) is 0 Å². The number of carbonyl (C=O) groups excluding carboxylic acids is 1. The Morgan fingerprint density at radius 3 is 2.43 bits per heavy atom. The molecule has 84 valence electrons. The predicted molar refractivity (Wildman–Crippen MR) is 48.0 cm³/mol. The predicted octanol–water partition coefficient (Wildman–Crippen LogP) is -1.79. The molecule has 0 heterocycles. The van der Waals surface area contributed by atoms with Gasteiger partial charge in [-0.3, -0.25) is 5.09 Å². The van der Waals surface area contributed by atoms with E-state index < -0.39 is 25.8 Å². The molecule has 0 saturated carbocycles. The molecular weight excluding hydrogens is 207 g/mol. The van der Waals surface area contributed by atoms with Crippen molar-refractivity contribution in [3.8, 4) is 0 Å². The second kappa shape index (κ2) is 5.46. The van der Waals surface area contributed by atoms with Gasteiger partial charge in [0.15, 0.2) is 0 Å². The second-order valence-corrected chi connectivity index (χ2v) is 5.67.